The van der Waals surface area contributed by atoms with Crippen molar-refractivity contribution in [1.82, 2.24) is 47.1 Å². The minimum absolute atomic E-state index is 0.0181. The molecule has 28 nitrogen and oxygen atoms in total. The smallest absolute Gasteiger partial charge is 0.446 e. The van der Waals surface area contributed by atoms with Gasteiger partial charge in [-0.25, -0.2) is 4.79 Å². The number of aromatic nitrogens is 1. The Morgan fingerprint density at radius 2 is 1.01 bits per heavy atom. The van der Waals surface area contributed by atoms with Crippen LogP contribution in [0.2, 0.25) is 0 Å². The minimum atomic E-state index is -4.94. The fourth-order valence-electron chi connectivity index (χ4n) is 9.23. The van der Waals surface area contributed by atoms with Gasteiger partial charge in [-0.1, -0.05) is 131 Å². The number of amides is 9. The standard InChI is InChI=1S/C60H74N10O18S/c1-4-6-21-43(54(77)68-48(31-51(72)73)57(80)66-45(53(61)76)28-36-16-10-8-11-17-36)64-56(79)47(30-39-33-62-42-23-15-14-20-41(39)42)63-50(71)34-70(3)59(82)44(22-7-5-2)65-55(78)46(29-37-24-26-40(27-25-37)88-89(84,85)86)67-58(81)49(32-52(74)75)69-60(83)87-35-38-18-12-9-13-19-38/h8-20,23-27,33,43-49,62H,4-7,21-22,28-32,34-35H2,1-3H3,(H2,61,76)(H,63,71)(H,64,79)(H,65,78)(H,66,80)(H,67,81)(H,68,77)(H,69,83)(H,72,73)(H,74,75)(H,84,85,86)/t43-,44-,45-,46-,47-,48-,49-/m0/s1. The first-order valence-electron chi connectivity index (χ1n) is 28.4. The molecule has 0 aliphatic rings. The summed E-state index contributed by atoms with van der Waals surface area (Å²) in [6, 6.07) is 18.1. The number of aromatic amines is 1. The van der Waals surface area contributed by atoms with Crippen molar-refractivity contribution in [2.24, 2.45) is 5.73 Å². The third-order valence-corrected chi connectivity index (χ3v) is 14.2. The number of rotatable bonds is 36. The third-order valence-electron chi connectivity index (χ3n) is 13.8. The van der Waals surface area contributed by atoms with E-state index in [-0.39, 0.29) is 43.6 Å². The van der Waals surface area contributed by atoms with E-state index < -0.39 is 144 Å². The first-order valence-corrected chi connectivity index (χ1v) is 29.8. The van der Waals surface area contributed by atoms with E-state index in [2.05, 4.69) is 46.4 Å². The fraction of sp³-hybridized carbons (Fsp3) is 0.383. The number of carboxylic acid groups (broad SMARTS) is 2. The van der Waals surface area contributed by atoms with E-state index in [9.17, 15) is 75.9 Å². The van der Waals surface area contributed by atoms with Crippen LogP contribution in [-0.2, 0) is 89.0 Å². The number of nitrogens with one attached hydrogen (secondary N) is 8. The largest absolute Gasteiger partial charge is 0.481 e. The van der Waals surface area contributed by atoms with Gasteiger partial charge >= 0.3 is 28.4 Å². The van der Waals surface area contributed by atoms with Gasteiger partial charge in [0.15, 0.2) is 0 Å². The zero-order chi connectivity index (χ0) is 65.2. The van der Waals surface area contributed by atoms with Gasteiger partial charge in [0.2, 0.25) is 47.3 Å². The quantitative estimate of drug-likeness (QED) is 0.0255. The Kier molecular flexibility index (Phi) is 27.0. The van der Waals surface area contributed by atoms with Crippen molar-refractivity contribution in [2.45, 2.75) is 133 Å². The molecular formula is C60H74N10O18S. The van der Waals surface area contributed by atoms with Crippen LogP contribution in [0.5, 0.6) is 5.75 Å². The number of para-hydroxylation sites is 1. The van der Waals surface area contributed by atoms with Crippen LogP contribution in [0.25, 0.3) is 10.9 Å². The van der Waals surface area contributed by atoms with E-state index in [1.165, 1.54) is 19.2 Å². The monoisotopic (exact) mass is 1250 g/mol. The number of nitrogens with zero attached hydrogens (tertiary/aromatic N) is 1. The lowest BCUT2D eigenvalue weighted by molar-refractivity contribution is -0.141. The molecule has 0 bridgehead atoms. The number of alkyl carbamates (subject to hydrolysis) is 1. The number of hydrogen-bond donors (Lipinski definition) is 12. The molecule has 5 rings (SSSR count). The van der Waals surface area contributed by atoms with Gasteiger partial charge in [0.1, 0.15) is 54.6 Å². The van der Waals surface area contributed by atoms with Crippen LogP contribution in [0.15, 0.2) is 115 Å². The number of fused-ring (bicyclic) bond motifs is 1. The minimum Gasteiger partial charge on any atom is -0.481 e. The topological polar surface area (TPSA) is 430 Å². The van der Waals surface area contributed by atoms with Gasteiger partial charge in [0.25, 0.3) is 0 Å². The number of aliphatic carboxylic acids is 2. The number of carboxylic acids is 2. The SMILES string of the molecule is CCCC[C@H](NC(=O)[C@H](Cc1c[nH]c2ccccc12)NC(=O)CN(C)C(=O)[C@H](CCCC)NC(=O)[C@H](Cc1ccc(OS(=O)(=O)O)cc1)NC(=O)[C@H](CC(=O)O)NC(=O)OCc1ccccc1)C(=O)N[C@@H](CC(=O)O)C(=O)N[C@@H](Cc1ccccc1)C(N)=O. The summed E-state index contributed by atoms with van der Waals surface area (Å²) in [5, 5.41) is 37.6. The van der Waals surface area contributed by atoms with Crippen molar-refractivity contribution in [3.63, 3.8) is 0 Å². The molecule has 1 heterocycles. The Morgan fingerprint density at radius 3 is 1.58 bits per heavy atom. The molecule has 4 aromatic carbocycles. The van der Waals surface area contributed by atoms with Gasteiger partial charge in [-0.3, -0.25) is 52.5 Å². The molecule has 89 heavy (non-hydrogen) atoms. The Labute approximate surface area is 512 Å². The summed E-state index contributed by atoms with van der Waals surface area (Å²) in [4.78, 5) is 153. The highest BCUT2D eigenvalue weighted by Crippen LogP contribution is 2.21. The number of primary amides is 1. The van der Waals surface area contributed by atoms with Gasteiger partial charge in [-0.2, -0.15) is 8.42 Å². The maximum absolute atomic E-state index is 14.6. The second kappa shape index (κ2) is 34.4. The number of carbonyl (C=O) groups excluding carboxylic acids is 9. The van der Waals surface area contributed by atoms with Crippen molar-refractivity contribution in [3.05, 3.63) is 138 Å². The van der Waals surface area contributed by atoms with Gasteiger partial charge in [-0.15, -0.1) is 0 Å². The van der Waals surface area contributed by atoms with Crippen LogP contribution in [0, 0.1) is 0 Å². The number of H-pyrrole nitrogens is 1. The first-order chi connectivity index (χ1) is 42.3. The Bertz CT molecular complexity index is 3390. The average molecular weight is 1260 g/mol. The summed E-state index contributed by atoms with van der Waals surface area (Å²) < 4.78 is 41.6. The third kappa shape index (κ3) is 23.7. The number of unbranched alkanes of at least 4 members (excludes halogenated alkanes) is 2. The maximum Gasteiger partial charge on any atom is 0.446 e. The highest BCUT2D eigenvalue weighted by atomic mass is 32.3. The van der Waals surface area contributed by atoms with Crippen LogP contribution in [-0.4, -0.2) is 154 Å². The Balaban J connectivity index is 1.37. The van der Waals surface area contributed by atoms with E-state index >= 15 is 0 Å². The summed E-state index contributed by atoms with van der Waals surface area (Å²) in [5.41, 5.74) is 8.28. The summed E-state index contributed by atoms with van der Waals surface area (Å²) >= 11 is 0. The van der Waals surface area contributed by atoms with E-state index in [1.54, 1.807) is 98.0 Å². The van der Waals surface area contributed by atoms with Gasteiger partial charge in [-0.05, 0) is 53.3 Å². The highest BCUT2D eigenvalue weighted by Gasteiger charge is 2.35. The van der Waals surface area contributed by atoms with Crippen molar-refractivity contribution >= 4 is 86.6 Å². The van der Waals surface area contributed by atoms with Crippen molar-refractivity contribution in [1.29, 1.82) is 0 Å². The molecule has 478 valence electrons. The molecule has 9 amide bonds. The van der Waals surface area contributed by atoms with Crippen LogP contribution >= 0.6 is 0 Å². The number of nitrogens with two attached hydrogens (primary N) is 1. The highest BCUT2D eigenvalue weighted by molar-refractivity contribution is 7.81. The molecule has 7 atom stereocenters. The van der Waals surface area contributed by atoms with E-state index in [0.717, 1.165) is 17.0 Å². The number of ether oxygens (including phenoxy) is 1. The molecule has 0 fully saturated rings. The molecule has 0 unspecified atom stereocenters. The second-order valence-electron chi connectivity index (χ2n) is 20.9. The molecular weight excluding hydrogens is 1180 g/mol. The average Bonchev–Trinajstić information content (AvgIpc) is 2.54. The number of benzene rings is 4. The summed E-state index contributed by atoms with van der Waals surface area (Å²) in [6.07, 6.45) is -0.412. The van der Waals surface area contributed by atoms with E-state index in [4.69, 9.17) is 10.5 Å². The molecule has 29 heteroatoms. The predicted octanol–water partition coefficient (Wildman–Crippen LogP) is 1.85. The number of carbonyl (C=O) groups is 11. The summed E-state index contributed by atoms with van der Waals surface area (Å²) in [6.45, 7) is 2.64. The van der Waals surface area contributed by atoms with Crippen molar-refractivity contribution in [2.75, 3.05) is 13.6 Å². The van der Waals surface area contributed by atoms with Gasteiger partial charge < -0.3 is 72.0 Å². The van der Waals surface area contributed by atoms with Crippen molar-refractivity contribution < 1.29 is 84.8 Å². The summed E-state index contributed by atoms with van der Waals surface area (Å²) in [5.74, 6) is -11.0. The van der Waals surface area contributed by atoms with Gasteiger partial charge in [0.05, 0.1) is 19.4 Å². The molecule has 0 saturated carbocycles. The molecule has 0 radical (unpaired) electrons. The molecule has 5 aromatic rings. The van der Waals surface area contributed by atoms with Crippen LogP contribution < -0.4 is 47.1 Å². The lowest BCUT2D eigenvalue weighted by Crippen LogP contribution is -2.59. The van der Waals surface area contributed by atoms with Crippen molar-refractivity contribution in [3.8, 4) is 5.75 Å². The molecule has 0 spiro atoms. The molecule has 0 aliphatic heterocycles. The molecule has 13 N–H and O–H groups in total. The van der Waals surface area contributed by atoms with E-state index in [0.29, 0.717) is 53.3 Å². The molecule has 0 saturated heterocycles. The summed E-state index contributed by atoms with van der Waals surface area (Å²) in [7, 11) is -3.69. The van der Waals surface area contributed by atoms with Crippen LogP contribution in [0.3, 0.4) is 0 Å². The number of likely N-dealkylation sites (N-methyl/N-ethyl adjacent to an activating group) is 1. The van der Waals surface area contributed by atoms with E-state index in [1.807, 2.05) is 6.92 Å². The fourth-order valence-corrected chi connectivity index (χ4v) is 9.58. The van der Waals surface area contributed by atoms with Crippen LogP contribution in [0.1, 0.15) is 87.5 Å². The zero-order valence-electron chi connectivity index (χ0n) is 49.1. The van der Waals surface area contributed by atoms with Gasteiger partial charge in [0, 0.05) is 43.4 Å². The first kappa shape index (κ1) is 69.9. The lowest BCUT2D eigenvalue weighted by Gasteiger charge is -2.28. The Hall–Kier alpha value is -9.90. The second-order valence-corrected chi connectivity index (χ2v) is 21.9. The molecule has 1 aromatic heterocycles. The predicted molar refractivity (Wildman–Crippen MR) is 320 cm³/mol. The Morgan fingerprint density at radius 1 is 0.551 bits per heavy atom. The van der Waals surface area contributed by atoms with Crippen LogP contribution in [0.4, 0.5) is 4.79 Å². The number of hydrogen-bond acceptors (Lipinski definition) is 15. The lowest BCUT2D eigenvalue weighted by atomic mass is 10.0. The zero-order valence-corrected chi connectivity index (χ0v) is 49.9. The normalized spacial score (nSPS) is 13.5. The maximum atomic E-state index is 14.6. The molecule has 0 aliphatic carbocycles.